The first-order valence-corrected chi connectivity index (χ1v) is 10.5. The lowest BCUT2D eigenvalue weighted by molar-refractivity contribution is -0.127. The third-order valence-corrected chi connectivity index (χ3v) is 7.08. The smallest absolute Gasteiger partial charge is 0.263 e. The van der Waals surface area contributed by atoms with Crippen molar-refractivity contribution >= 4 is 44.0 Å². The normalized spacial score (nSPS) is 15.0. The lowest BCUT2D eigenvalue weighted by Gasteiger charge is -2.13. The number of carbonyl (C=O) groups excluding carboxylic acids is 1. The second kappa shape index (κ2) is 7.31. The van der Waals surface area contributed by atoms with E-state index in [4.69, 9.17) is 11.6 Å². The van der Waals surface area contributed by atoms with Gasteiger partial charge in [-0.3, -0.25) is 9.52 Å². The zero-order chi connectivity index (χ0) is 18.0. The summed E-state index contributed by atoms with van der Waals surface area (Å²) < 4.78 is 27.6. The molecule has 134 valence electrons. The van der Waals surface area contributed by atoms with Crippen LogP contribution >= 0.6 is 22.9 Å². The van der Waals surface area contributed by atoms with Crippen molar-refractivity contribution in [3.8, 4) is 0 Å². The van der Waals surface area contributed by atoms with E-state index >= 15 is 0 Å². The molecule has 1 fully saturated rings. The molecule has 1 aromatic carbocycles. The van der Waals surface area contributed by atoms with Gasteiger partial charge < -0.3 is 4.90 Å². The number of sulfonamides is 1. The van der Waals surface area contributed by atoms with Crippen molar-refractivity contribution in [3.63, 3.8) is 0 Å². The van der Waals surface area contributed by atoms with Gasteiger partial charge in [-0.05, 0) is 31.0 Å². The van der Waals surface area contributed by atoms with E-state index in [2.05, 4.69) is 9.71 Å². The maximum atomic E-state index is 12.5. The van der Waals surface area contributed by atoms with E-state index in [1.54, 1.807) is 25.3 Å². The Morgan fingerprint density at radius 2 is 2.20 bits per heavy atom. The SMILES string of the molecule is Cc1c(Cl)cccc1S(=O)(=O)Nc1ncc(CCN2CCCC2=O)s1. The number of thiazole rings is 1. The quantitative estimate of drug-likeness (QED) is 0.809. The fraction of sp³-hybridized carbons (Fsp3) is 0.375. The molecule has 0 saturated carbocycles. The first-order chi connectivity index (χ1) is 11.9. The lowest BCUT2D eigenvalue weighted by Crippen LogP contribution is -2.26. The monoisotopic (exact) mass is 399 g/mol. The van der Waals surface area contributed by atoms with E-state index in [9.17, 15) is 13.2 Å². The van der Waals surface area contributed by atoms with Crippen LogP contribution in [-0.4, -0.2) is 37.3 Å². The number of amides is 1. The Bertz CT molecular complexity index is 896. The number of nitrogens with zero attached hydrogens (tertiary/aromatic N) is 2. The van der Waals surface area contributed by atoms with Crippen molar-refractivity contribution < 1.29 is 13.2 Å². The van der Waals surface area contributed by atoms with E-state index in [0.29, 0.717) is 35.1 Å². The van der Waals surface area contributed by atoms with Crippen molar-refractivity contribution in [1.29, 1.82) is 0 Å². The van der Waals surface area contributed by atoms with Crippen LogP contribution in [0.2, 0.25) is 5.02 Å². The molecule has 9 heteroatoms. The zero-order valence-electron chi connectivity index (χ0n) is 13.7. The molecule has 0 spiro atoms. The predicted molar refractivity (Wildman–Crippen MR) is 98.6 cm³/mol. The summed E-state index contributed by atoms with van der Waals surface area (Å²) in [5.41, 5.74) is 0.501. The Balaban J connectivity index is 1.68. The average molecular weight is 400 g/mol. The lowest BCUT2D eigenvalue weighted by atomic mass is 10.2. The van der Waals surface area contributed by atoms with Gasteiger partial charge in [-0.1, -0.05) is 17.7 Å². The number of carbonyl (C=O) groups is 1. The molecule has 0 radical (unpaired) electrons. The van der Waals surface area contributed by atoms with Crippen LogP contribution in [0.1, 0.15) is 23.3 Å². The van der Waals surface area contributed by atoms with Gasteiger partial charge in [-0.25, -0.2) is 13.4 Å². The minimum Gasteiger partial charge on any atom is -0.342 e. The Morgan fingerprint density at radius 3 is 2.92 bits per heavy atom. The maximum Gasteiger partial charge on any atom is 0.263 e. The van der Waals surface area contributed by atoms with Gasteiger partial charge >= 0.3 is 0 Å². The van der Waals surface area contributed by atoms with Crippen molar-refractivity contribution in [1.82, 2.24) is 9.88 Å². The molecule has 2 heterocycles. The highest BCUT2D eigenvalue weighted by Crippen LogP contribution is 2.27. The fourth-order valence-electron chi connectivity index (χ4n) is 2.70. The highest BCUT2D eigenvalue weighted by Gasteiger charge is 2.21. The van der Waals surface area contributed by atoms with Gasteiger partial charge in [0.25, 0.3) is 10.0 Å². The molecule has 1 amide bonds. The topological polar surface area (TPSA) is 79.4 Å². The summed E-state index contributed by atoms with van der Waals surface area (Å²) in [4.78, 5) is 18.7. The molecular formula is C16H18ClN3O3S2. The fourth-order valence-corrected chi connectivity index (χ4v) is 5.25. The van der Waals surface area contributed by atoms with Gasteiger partial charge in [0.2, 0.25) is 5.91 Å². The van der Waals surface area contributed by atoms with Crippen LogP contribution in [0.4, 0.5) is 5.13 Å². The van der Waals surface area contributed by atoms with Crippen LogP contribution in [0.15, 0.2) is 29.3 Å². The minimum absolute atomic E-state index is 0.138. The number of benzene rings is 1. The van der Waals surface area contributed by atoms with Crippen LogP contribution < -0.4 is 4.72 Å². The number of aromatic nitrogens is 1. The number of halogens is 1. The average Bonchev–Trinajstić information content (AvgIpc) is 3.16. The third-order valence-electron chi connectivity index (χ3n) is 4.08. The van der Waals surface area contributed by atoms with Crippen LogP contribution in [0, 0.1) is 6.92 Å². The molecule has 0 bridgehead atoms. The minimum atomic E-state index is -3.74. The van der Waals surface area contributed by atoms with Gasteiger partial charge in [0.05, 0.1) is 4.90 Å². The molecule has 1 N–H and O–H groups in total. The van der Waals surface area contributed by atoms with Crippen LogP contribution in [0.3, 0.4) is 0 Å². The summed E-state index contributed by atoms with van der Waals surface area (Å²) in [5, 5.41) is 0.708. The van der Waals surface area contributed by atoms with E-state index in [1.807, 2.05) is 4.90 Å². The van der Waals surface area contributed by atoms with E-state index in [0.717, 1.165) is 17.8 Å². The first-order valence-electron chi connectivity index (χ1n) is 7.87. The van der Waals surface area contributed by atoms with Gasteiger partial charge in [-0.2, -0.15) is 0 Å². The summed E-state index contributed by atoms with van der Waals surface area (Å²) in [6.45, 7) is 3.10. The van der Waals surface area contributed by atoms with Crippen LogP contribution in [0.5, 0.6) is 0 Å². The van der Waals surface area contributed by atoms with Crippen molar-refractivity contribution in [2.24, 2.45) is 0 Å². The maximum absolute atomic E-state index is 12.5. The van der Waals surface area contributed by atoms with Gasteiger partial charge in [0.1, 0.15) is 0 Å². The molecule has 1 saturated heterocycles. The summed E-state index contributed by atoms with van der Waals surface area (Å²) in [6.07, 6.45) is 3.84. The molecule has 1 aromatic heterocycles. The Hall–Kier alpha value is -1.64. The number of hydrogen-bond donors (Lipinski definition) is 1. The summed E-state index contributed by atoms with van der Waals surface area (Å²) >= 11 is 7.28. The molecule has 2 aromatic rings. The second-order valence-corrected chi connectivity index (χ2v) is 9.01. The van der Waals surface area contributed by atoms with Gasteiger partial charge in [0.15, 0.2) is 5.13 Å². The highest BCUT2D eigenvalue weighted by molar-refractivity contribution is 7.93. The van der Waals surface area contributed by atoms with Crippen molar-refractivity contribution in [2.75, 3.05) is 17.8 Å². The molecule has 0 unspecified atom stereocenters. The Labute approximate surface area is 155 Å². The number of anilines is 1. The molecule has 6 nitrogen and oxygen atoms in total. The molecule has 3 rings (SSSR count). The number of nitrogens with one attached hydrogen (secondary N) is 1. The summed E-state index contributed by atoms with van der Waals surface area (Å²) in [5.74, 6) is 0.182. The third kappa shape index (κ3) is 4.13. The second-order valence-electron chi connectivity index (χ2n) is 5.83. The van der Waals surface area contributed by atoms with Crippen molar-refractivity contribution in [2.45, 2.75) is 31.1 Å². The van der Waals surface area contributed by atoms with E-state index < -0.39 is 10.0 Å². The zero-order valence-corrected chi connectivity index (χ0v) is 16.0. The largest absolute Gasteiger partial charge is 0.342 e. The van der Waals surface area contributed by atoms with Gasteiger partial charge in [0, 0.05) is 42.0 Å². The summed E-state index contributed by atoms with van der Waals surface area (Å²) in [7, 11) is -3.74. The Morgan fingerprint density at radius 1 is 1.40 bits per heavy atom. The molecule has 0 aliphatic carbocycles. The van der Waals surface area contributed by atoms with E-state index in [-0.39, 0.29) is 10.8 Å². The highest BCUT2D eigenvalue weighted by atomic mass is 35.5. The molecule has 1 aliphatic rings. The van der Waals surface area contributed by atoms with Crippen LogP contribution in [0.25, 0.3) is 0 Å². The predicted octanol–water partition coefficient (Wildman–Crippen LogP) is 3.07. The molecule has 25 heavy (non-hydrogen) atoms. The van der Waals surface area contributed by atoms with Crippen LogP contribution in [-0.2, 0) is 21.2 Å². The summed E-state index contributed by atoms with van der Waals surface area (Å²) in [6, 6.07) is 4.76. The van der Waals surface area contributed by atoms with E-state index in [1.165, 1.54) is 17.4 Å². The standard InChI is InChI=1S/C16H18ClN3O3S2/c1-11-13(17)4-2-5-14(11)25(22,23)19-16-18-10-12(24-16)7-9-20-8-3-6-15(20)21/h2,4-5,10H,3,6-9H2,1H3,(H,18,19). The number of likely N-dealkylation sites (tertiary alicyclic amines) is 1. The number of rotatable bonds is 6. The molecule has 0 atom stereocenters. The number of hydrogen-bond acceptors (Lipinski definition) is 5. The van der Waals surface area contributed by atoms with Gasteiger partial charge in [-0.15, -0.1) is 11.3 Å². The first kappa shape index (κ1) is 18.2. The Kier molecular flexibility index (Phi) is 5.31. The molecular weight excluding hydrogens is 382 g/mol. The van der Waals surface area contributed by atoms with Crippen molar-refractivity contribution in [3.05, 3.63) is 39.9 Å². The molecule has 1 aliphatic heterocycles.